The predicted molar refractivity (Wildman–Crippen MR) is 115 cm³/mol. The number of carbonyl (C=O) groups excluding carboxylic acids is 1. The van der Waals surface area contributed by atoms with E-state index in [0.29, 0.717) is 12.1 Å². The highest BCUT2D eigenvalue weighted by molar-refractivity contribution is 7.89. The van der Waals surface area contributed by atoms with Crippen LogP contribution < -0.4 is 10.6 Å². The molecule has 7 nitrogen and oxygen atoms in total. The van der Waals surface area contributed by atoms with Gasteiger partial charge < -0.3 is 10.6 Å². The monoisotopic (exact) mass is 436 g/mol. The standard InChI is InChI=1S/C20H28N4O3S2/c1-23(2)29(26,27)19-10-4-3-8-16(19)14-21-20(25)22-15-17(18-9-7-13-28-18)24-11-5-6-12-24/h3-4,7-10,13,17H,5-6,11-12,14-15H2,1-2H3,(H2,21,22,25). The van der Waals surface area contributed by atoms with Gasteiger partial charge in [0.1, 0.15) is 0 Å². The van der Waals surface area contributed by atoms with Crippen molar-refractivity contribution in [1.29, 1.82) is 0 Å². The van der Waals surface area contributed by atoms with Crippen LogP contribution in [0, 0.1) is 0 Å². The van der Waals surface area contributed by atoms with Gasteiger partial charge in [-0.15, -0.1) is 11.3 Å². The number of nitrogens with one attached hydrogen (secondary N) is 2. The fourth-order valence-corrected chi connectivity index (χ4v) is 5.45. The van der Waals surface area contributed by atoms with Crippen molar-refractivity contribution >= 4 is 27.4 Å². The Morgan fingerprint density at radius 3 is 2.52 bits per heavy atom. The number of nitrogens with zero attached hydrogens (tertiary/aromatic N) is 2. The van der Waals surface area contributed by atoms with Crippen LogP contribution in [0.3, 0.4) is 0 Å². The molecule has 2 aromatic rings. The molecule has 1 aromatic heterocycles. The molecule has 2 amide bonds. The summed E-state index contributed by atoms with van der Waals surface area (Å²) in [5.41, 5.74) is 0.561. The lowest BCUT2D eigenvalue weighted by Crippen LogP contribution is -2.41. The molecule has 0 spiro atoms. The average Bonchev–Trinajstić information content (AvgIpc) is 3.41. The Morgan fingerprint density at radius 1 is 1.14 bits per heavy atom. The first-order valence-corrected chi connectivity index (χ1v) is 12.0. The molecular weight excluding hydrogens is 408 g/mol. The Labute approximate surface area is 176 Å². The number of amides is 2. The van der Waals surface area contributed by atoms with E-state index in [9.17, 15) is 13.2 Å². The zero-order valence-electron chi connectivity index (χ0n) is 16.8. The molecule has 1 fully saturated rings. The van der Waals surface area contributed by atoms with E-state index >= 15 is 0 Å². The van der Waals surface area contributed by atoms with Crippen molar-refractivity contribution in [2.45, 2.75) is 30.3 Å². The summed E-state index contributed by atoms with van der Waals surface area (Å²) in [4.78, 5) is 16.3. The number of thiophene rings is 1. The highest BCUT2D eigenvalue weighted by Crippen LogP contribution is 2.27. The van der Waals surface area contributed by atoms with Gasteiger partial charge in [-0.2, -0.15) is 0 Å². The number of hydrogen-bond donors (Lipinski definition) is 2. The number of hydrogen-bond acceptors (Lipinski definition) is 5. The molecule has 1 aliphatic rings. The number of rotatable bonds is 8. The average molecular weight is 437 g/mol. The molecule has 0 radical (unpaired) electrons. The molecule has 29 heavy (non-hydrogen) atoms. The molecule has 0 aliphatic carbocycles. The molecule has 1 aromatic carbocycles. The SMILES string of the molecule is CN(C)S(=O)(=O)c1ccccc1CNC(=O)NCC(c1cccs1)N1CCCC1. The molecule has 3 rings (SSSR count). The van der Waals surface area contributed by atoms with Crippen LogP contribution in [0.1, 0.15) is 29.3 Å². The summed E-state index contributed by atoms with van der Waals surface area (Å²) in [5.74, 6) is 0. The van der Waals surface area contributed by atoms with Crippen LogP contribution in [0.4, 0.5) is 4.79 Å². The Bertz CT molecular complexity index is 908. The first kappa shape index (κ1) is 21.8. The third kappa shape index (κ3) is 5.36. The van der Waals surface area contributed by atoms with Gasteiger partial charge >= 0.3 is 6.03 Å². The number of urea groups is 1. The van der Waals surface area contributed by atoms with Crippen molar-refractivity contribution in [3.05, 3.63) is 52.2 Å². The third-order valence-electron chi connectivity index (χ3n) is 5.08. The second-order valence-electron chi connectivity index (χ2n) is 7.23. The summed E-state index contributed by atoms with van der Waals surface area (Å²) in [6.45, 7) is 2.75. The van der Waals surface area contributed by atoms with Crippen molar-refractivity contribution in [3.63, 3.8) is 0 Å². The van der Waals surface area contributed by atoms with Crippen molar-refractivity contribution in [2.75, 3.05) is 33.7 Å². The van der Waals surface area contributed by atoms with Crippen molar-refractivity contribution in [1.82, 2.24) is 19.8 Å². The van der Waals surface area contributed by atoms with Crippen LogP contribution >= 0.6 is 11.3 Å². The minimum Gasteiger partial charge on any atom is -0.336 e. The fourth-order valence-electron chi connectivity index (χ4n) is 3.47. The Balaban J connectivity index is 1.60. The number of benzene rings is 1. The summed E-state index contributed by atoms with van der Waals surface area (Å²) in [7, 11) is -0.575. The Kier molecular flexibility index (Phi) is 7.28. The summed E-state index contributed by atoms with van der Waals surface area (Å²) < 4.78 is 26.1. The second-order valence-corrected chi connectivity index (χ2v) is 10.3. The lowest BCUT2D eigenvalue weighted by atomic mass is 10.2. The van der Waals surface area contributed by atoms with Crippen LogP contribution in [0.15, 0.2) is 46.7 Å². The van der Waals surface area contributed by atoms with Gasteiger partial charge in [-0.3, -0.25) is 4.90 Å². The molecule has 0 bridgehead atoms. The summed E-state index contributed by atoms with van der Waals surface area (Å²) in [6.07, 6.45) is 2.37. The van der Waals surface area contributed by atoms with Gasteiger partial charge in [0.05, 0.1) is 10.9 Å². The molecule has 1 saturated heterocycles. The highest BCUT2D eigenvalue weighted by Gasteiger charge is 2.25. The highest BCUT2D eigenvalue weighted by atomic mass is 32.2. The fraction of sp³-hybridized carbons (Fsp3) is 0.450. The van der Waals surface area contributed by atoms with Gasteiger partial charge in [0.25, 0.3) is 0 Å². The smallest absolute Gasteiger partial charge is 0.315 e. The topological polar surface area (TPSA) is 81.8 Å². The molecule has 2 N–H and O–H groups in total. The van der Waals surface area contributed by atoms with E-state index in [1.807, 2.05) is 6.07 Å². The molecule has 0 saturated carbocycles. The van der Waals surface area contributed by atoms with Gasteiger partial charge in [0.2, 0.25) is 10.0 Å². The Hall–Kier alpha value is -1.94. The van der Waals surface area contributed by atoms with E-state index in [0.717, 1.165) is 13.1 Å². The molecule has 2 heterocycles. The summed E-state index contributed by atoms with van der Waals surface area (Å²) >= 11 is 1.70. The first-order chi connectivity index (χ1) is 13.9. The van der Waals surface area contributed by atoms with E-state index < -0.39 is 10.0 Å². The largest absolute Gasteiger partial charge is 0.336 e. The zero-order valence-corrected chi connectivity index (χ0v) is 18.4. The van der Waals surface area contributed by atoms with Crippen LogP contribution in [-0.4, -0.2) is 57.4 Å². The van der Waals surface area contributed by atoms with Gasteiger partial charge in [-0.05, 0) is 49.0 Å². The van der Waals surface area contributed by atoms with E-state index in [4.69, 9.17) is 0 Å². The van der Waals surface area contributed by atoms with Crippen LogP contribution in [-0.2, 0) is 16.6 Å². The van der Waals surface area contributed by atoms with Gasteiger partial charge in [0.15, 0.2) is 0 Å². The normalized spacial score (nSPS) is 16.1. The van der Waals surface area contributed by atoms with E-state index in [-0.39, 0.29) is 23.5 Å². The van der Waals surface area contributed by atoms with Crippen LogP contribution in [0.5, 0.6) is 0 Å². The quantitative estimate of drug-likeness (QED) is 0.667. The third-order valence-corrected chi connectivity index (χ3v) is 7.97. The maximum absolute atomic E-state index is 12.5. The van der Waals surface area contributed by atoms with Gasteiger partial charge in [0, 0.05) is 32.1 Å². The van der Waals surface area contributed by atoms with Crippen LogP contribution in [0.25, 0.3) is 0 Å². The zero-order chi connectivity index (χ0) is 20.9. The molecular formula is C20H28N4O3S2. The number of carbonyl (C=O) groups is 1. The van der Waals surface area contributed by atoms with Gasteiger partial charge in [-0.1, -0.05) is 24.3 Å². The van der Waals surface area contributed by atoms with E-state index in [1.165, 1.54) is 36.1 Å². The van der Waals surface area contributed by atoms with Crippen molar-refractivity contribution in [3.8, 4) is 0 Å². The maximum atomic E-state index is 12.5. The molecule has 1 aliphatic heterocycles. The lowest BCUT2D eigenvalue weighted by Gasteiger charge is -2.27. The van der Waals surface area contributed by atoms with Crippen LogP contribution in [0.2, 0.25) is 0 Å². The number of likely N-dealkylation sites (tertiary alicyclic amines) is 1. The van der Waals surface area contributed by atoms with Gasteiger partial charge in [-0.25, -0.2) is 17.5 Å². The molecule has 1 unspecified atom stereocenters. The first-order valence-electron chi connectivity index (χ1n) is 9.69. The summed E-state index contributed by atoms with van der Waals surface area (Å²) in [6, 6.07) is 10.7. The van der Waals surface area contributed by atoms with E-state index in [2.05, 4.69) is 27.0 Å². The lowest BCUT2D eigenvalue weighted by molar-refractivity contribution is 0.222. The second kappa shape index (κ2) is 9.71. The Morgan fingerprint density at radius 2 is 1.86 bits per heavy atom. The minimum absolute atomic E-state index is 0.141. The van der Waals surface area contributed by atoms with Crippen molar-refractivity contribution < 1.29 is 13.2 Å². The molecule has 9 heteroatoms. The minimum atomic E-state index is -3.57. The number of sulfonamides is 1. The predicted octanol–water partition coefficient (Wildman–Crippen LogP) is 2.63. The summed E-state index contributed by atoms with van der Waals surface area (Å²) in [5, 5.41) is 7.80. The van der Waals surface area contributed by atoms with Crippen molar-refractivity contribution in [2.24, 2.45) is 0 Å². The molecule has 1 atom stereocenters. The molecule has 158 valence electrons. The van der Waals surface area contributed by atoms with E-state index in [1.54, 1.807) is 35.6 Å². The maximum Gasteiger partial charge on any atom is 0.315 e.